The van der Waals surface area contributed by atoms with E-state index in [9.17, 15) is 0 Å². The molecule has 0 aromatic heterocycles. The molecule has 0 unspecified atom stereocenters. The van der Waals surface area contributed by atoms with Gasteiger partial charge in [0.25, 0.3) is 0 Å². The predicted molar refractivity (Wildman–Crippen MR) is 69.0 cm³/mol. The number of rotatable bonds is 4. The highest BCUT2D eigenvalue weighted by atomic mass is 16.5. The number of nitrogens with zero attached hydrogens (tertiary/aromatic N) is 1. The molecule has 90 valence electrons. The topological polar surface area (TPSA) is 32.7 Å². The van der Waals surface area contributed by atoms with Gasteiger partial charge >= 0.3 is 0 Å². The van der Waals surface area contributed by atoms with Crippen LogP contribution in [0.5, 0.6) is 5.75 Å². The minimum Gasteiger partial charge on any atom is -0.490 e. The fraction of sp³-hybridized carbons (Fsp3) is 0.538. The van der Waals surface area contributed by atoms with Crippen LogP contribution in [0, 0.1) is 0 Å². The monoisotopic (exact) mass is 231 g/mol. The molecule has 4 heteroatoms. The van der Waals surface area contributed by atoms with Crippen LogP contribution in [0.25, 0.3) is 0 Å². The lowest BCUT2D eigenvalue weighted by Gasteiger charge is -2.31. The van der Waals surface area contributed by atoms with Crippen molar-refractivity contribution in [3.63, 3.8) is 0 Å². The number of aliphatic hydroxyl groups is 1. The fourth-order valence-corrected chi connectivity index (χ4v) is 2.13. The molecule has 3 nitrogen and oxygen atoms in total. The largest absolute Gasteiger partial charge is 0.490 e. The van der Waals surface area contributed by atoms with Crippen LogP contribution in [0.1, 0.15) is 12.8 Å². The van der Waals surface area contributed by atoms with Crippen LogP contribution in [-0.4, -0.2) is 50.2 Å². The second kappa shape index (κ2) is 6.08. The Bertz CT molecular complexity index is 334. The first-order valence-corrected chi connectivity index (χ1v) is 6.13. The maximum Gasteiger partial charge on any atom is 0.119 e. The van der Waals surface area contributed by atoms with E-state index in [4.69, 9.17) is 17.7 Å². The number of piperidine rings is 1. The van der Waals surface area contributed by atoms with E-state index in [1.54, 1.807) is 0 Å². The Hall–Kier alpha value is -0.995. The lowest BCUT2D eigenvalue weighted by atomic mass is 9.97. The molecule has 1 N–H and O–H groups in total. The summed E-state index contributed by atoms with van der Waals surface area (Å²) in [6.07, 6.45) is 2.32. The molecule has 0 spiro atoms. The summed E-state index contributed by atoms with van der Waals surface area (Å²) in [4.78, 5) is 2.27. The van der Waals surface area contributed by atoms with Crippen molar-refractivity contribution in [2.24, 2.45) is 0 Å². The van der Waals surface area contributed by atoms with Gasteiger partial charge in [0, 0.05) is 19.6 Å². The second-order valence-corrected chi connectivity index (χ2v) is 4.45. The third-order valence-corrected chi connectivity index (χ3v) is 3.13. The van der Waals surface area contributed by atoms with Crippen molar-refractivity contribution >= 4 is 13.3 Å². The average Bonchev–Trinajstić information content (AvgIpc) is 2.35. The van der Waals surface area contributed by atoms with Gasteiger partial charge in [-0.3, -0.25) is 0 Å². The second-order valence-electron chi connectivity index (χ2n) is 4.45. The summed E-state index contributed by atoms with van der Waals surface area (Å²) in [5.74, 6) is 0.889. The van der Waals surface area contributed by atoms with E-state index >= 15 is 0 Å². The lowest BCUT2D eigenvalue weighted by Crippen LogP contribution is -2.39. The number of benzene rings is 1. The molecule has 0 aliphatic carbocycles. The summed E-state index contributed by atoms with van der Waals surface area (Å²) in [6, 6.07) is 7.54. The van der Waals surface area contributed by atoms with Crippen LogP contribution in [0.3, 0.4) is 0 Å². The Morgan fingerprint density at radius 3 is 2.47 bits per heavy atom. The highest BCUT2D eigenvalue weighted by molar-refractivity contribution is 6.32. The molecular formula is C13H18BNO2. The van der Waals surface area contributed by atoms with Crippen molar-refractivity contribution in [1.82, 2.24) is 4.90 Å². The molecule has 1 aliphatic heterocycles. The molecule has 0 saturated carbocycles. The molecule has 0 atom stereocenters. The smallest absolute Gasteiger partial charge is 0.119 e. The van der Waals surface area contributed by atoms with Crippen LogP contribution in [0.15, 0.2) is 24.3 Å². The van der Waals surface area contributed by atoms with Gasteiger partial charge in [-0.25, -0.2) is 0 Å². The first kappa shape index (κ1) is 12.5. The quantitative estimate of drug-likeness (QED) is 0.757. The highest BCUT2D eigenvalue weighted by Crippen LogP contribution is 2.17. The van der Waals surface area contributed by atoms with Crippen molar-refractivity contribution in [2.45, 2.75) is 18.9 Å². The summed E-state index contributed by atoms with van der Waals surface area (Å²) in [5.41, 5.74) is 0.759. The van der Waals surface area contributed by atoms with Gasteiger partial charge in [-0.2, -0.15) is 0 Å². The normalized spacial score (nSPS) is 18.2. The van der Waals surface area contributed by atoms with E-state index in [2.05, 4.69) is 4.90 Å². The number of hydrogen-bond donors (Lipinski definition) is 1. The minimum atomic E-state index is 0.240. The molecule has 2 radical (unpaired) electrons. The number of ether oxygens (including phenoxy) is 1. The fourth-order valence-electron chi connectivity index (χ4n) is 2.13. The van der Waals surface area contributed by atoms with Crippen LogP contribution in [0.4, 0.5) is 0 Å². The van der Waals surface area contributed by atoms with Crippen molar-refractivity contribution in [2.75, 3.05) is 26.2 Å². The first-order valence-electron chi connectivity index (χ1n) is 6.13. The average molecular weight is 231 g/mol. The van der Waals surface area contributed by atoms with Gasteiger partial charge in [0.2, 0.25) is 0 Å². The summed E-state index contributed by atoms with van der Waals surface area (Å²) >= 11 is 0. The standard InChI is InChI=1S/C13H18BNO2/c14-11-1-3-12(4-2-11)17-13-5-7-15(8-6-13)9-10-16/h1-4,13,16H,5-10H2. The van der Waals surface area contributed by atoms with Crippen molar-refractivity contribution in [3.05, 3.63) is 24.3 Å². The van der Waals surface area contributed by atoms with Crippen LogP contribution >= 0.6 is 0 Å². The van der Waals surface area contributed by atoms with Gasteiger partial charge in [-0.15, -0.1) is 0 Å². The summed E-state index contributed by atoms with van der Waals surface area (Å²) in [7, 11) is 5.63. The summed E-state index contributed by atoms with van der Waals surface area (Å²) < 4.78 is 5.89. The van der Waals surface area contributed by atoms with Gasteiger partial charge in [0.05, 0.1) is 6.61 Å². The van der Waals surface area contributed by atoms with Gasteiger partial charge in [-0.1, -0.05) is 17.6 Å². The third kappa shape index (κ3) is 3.75. The number of hydrogen-bond acceptors (Lipinski definition) is 3. The predicted octanol–water partition coefficient (Wildman–Crippen LogP) is 0.316. The molecular weight excluding hydrogens is 213 g/mol. The van der Waals surface area contributed by atoms with E-state index in [-0.39, 0.29) is 12.7 Å². The Labute approximate surface area is 104 Å². The number of β-amino-alcohol motifs (C(OH)–C–C–N with tert-alkyl or cyclic N) is 1. The maximum atomic E-state index is 8.86. The van der Waals surface area contributed by atoms with Gasteiger partial charge in [0.1, 0.15) is 19.7 Å². The zero-order valence-electron chi connectivity index (χ0n) is 10.0. The molecule has 2 rings (SSSR count). The van der Waals surface area contributed by atoms with Crippen LogP contribution in [0.2, 0.25) is 0 Å². The summed E-state index contributed by atoms with van der Waals surface area (Å²) in [5, 5.41) is 8.86. The number of aliphatic hydroxyl groups excluding tert-OH is 1. The Morgan fingerprint density at radius 1 is 1.24 bits per heavy atom. The molecule has 1 aliphatic rings. The van der Waals surface area contributed by atoms with Gasteiger partial charge < -0.3 is 14.7 Å². The van der Waals surface area contributed by atoms with Gasteiger partial charge in [-0.05, 0) is 25.0 Å². The SMILES string of the molecule is [B]c1ccc(OC2CCN(CCO)CC2)cc1. The van der Waals surface area contributed by atoms with Crippen LogP contribution in [-0.2, 0) is 0 Å². The Kier molecular flexibility index (Phi) is 4.46. The molecule has 0 bridgehead atoms. The van der Waals surface area contributed by atoms with Crippen molar-refractivity contribution in [1.29, 1.82) is 0 Å². The zero-order chi connectivity index (χ0) is 12.1. The molecule has 1 aromatic rings. The van der Waals surface area contributed by atoms with E-state index in [0.717, 1.165) is 43.7 Å². The highest BCUT2D eigenvalue weighted by Gasteiger charge is 2.19. The van der Waals surface area contributed by atoms with E-state index in [1.165, 1.54) is 0 Å². The first-order chi connectivity index (χ1) is 8.28. The molecule has 0 amide bonds. The van der Waals surface area contributed by atoms with Crippen LogP contribution < -0.4 is 10.2 Å². The molecule has 1 fully saturated rings. The zero-order valence-corrected chi connectivity index (χ0v) is 10.0. The minimum absolute atomic E-state index is 0.240. The Balaban J connectivity index is 1.79. The molecule has 1 heterocycles. The third-order valence-electron chi connectivity index (χ3n) is 3.13. The lowest BCUT2D eigenvalue weighted by molar-refractivity contribution is 0.0889. The molecule has 1 saturated heterocycles. The number of likely N-dealkylation sites (tertiary alicyclic amines) is 1. The Morgan fingerprint density at radius 2 is 1.88 bits per heavy atom. The van der Waals surface area contributed by atoms with E-state index in [0.29, 0.717) is 0 Å². The van der Waals surface area contributed by atoms with Crippen molar-refractivity contribution in [3.8, 4) is 5.75 Å². The molecule has 1 aromatic carbocycles. The van der Waals surface area contributed by atoms with Gasteiger partial charge in [0.15, 0.2) is 0 Å². The van der Waals surface area contributed by atoms with E-state index in [1.807, 2.05) is 24.3 Å². The molecule has 17 heavy (non-hydrogen) atoms. The van der Waals surface area contributed by atoms with Crippen molar-refractivity contribution < 1.29 is 9.84 Å². The maximum absolute atomic E-state index is 8.86. The van der Waals surface area contributed by atoms with E-state index < -0.39 is 0 Å². The summed E-state index contributed by atoms with van der Waals surface area (Å²) in [6.45, 7) is 3.01.